The van der Waals surface area contributed by atoms with E-state index in [1.165, 1.54) is 24.3 Å². The van der Waals surface area contributed by atoms with Crippen molar-refractivity contribution in [1.82, 2.24) is 15.5 Å². The quantitative estimate of drug-likeness (QED) is 0.144. The fourth-order valence-electron chi connectivity index (χ4n) is 4.07. The van der Waals surface area contributed by atoms with E-state index in [0.29, 0.717) is 12.0 Å². The van der Waals surface area contributed by atoms with Gasteiger partial charge in [0, 0.05) is 25.8 Å². The highest BCUT2D eigenvalue weighted by Gasteiger charge is 2.38. The van der Waals surface area contributed by atoms with Gasteiger partial charge in [-0.05, 0) is 43.4 Å². The zero-order valence-electron chi connectivity index (χ0n) is 20.7. The van der Waals surface area contributed by atoms with Crippen LogP contribution in [0.25, 0.3) is 0 Å². The molecule has 1 aromatic carbocycles. The first kappa shape index (κ1) is 30.0. The maximum absolute atomic E-state index is 13.3. The van der Waals surface area contributed by atoms with E-state index in [1.807, 2.05) is 0 Å². The Morgan fingerprint density at radius 2 is 1.58 bits per heavy atom. The summed E-state index contributed by atoms with van der Waals surface area (Å²) in [5.41, 5.74) is 11.4. The lowest BCUT2D eigenvalue weighted by Gasteiger charge is -2.29. The van der Waals surface area contributed by atoms with E-state index < -0.39 is 66.2 Å². The number of hydrogen-bond donors (Lipinski definition) is 7. The van der Waals surface area contributed by atoms with Crippen LogP contribution in [0.1, 0.15) is 44.1 Å². The SMILES string of the molecule is NC(=O)CCC(N)C(=O)NC(Cc1ccc(O)cc1)C(=O)NC(CCC(=O)O)C(=O)N1CCCC1C(=O)O. The fraction of sp³-hybridized carbons (Fsp3) is 0.500. The van der Waals surface area contributed by atoms with Crippen molar-refractivity contribution in [2.75, 3.05) is 6.54 Å². The zero-order chi connectivity index (χ0) is 28.4. The molecule has 0 aliphatic carbocycles. The molecule has 0 spiro atoms. The zero-order valence-corrected chi connectivity index (χ0v) is 20.7. The molecule has 38 heavy (non-hydrogen) atoms. The summed E-state index contributed by atoms with van der Waals surface area (Å²) >= 11 is 0. The van der Waals surface area contributed by atoms with Crippen molar-refractivity contribution in [3.63, 3.8) is 0 Å². The largest absolute Gasteiger partial charge is 0.508 e. The molecular formula is C24H33N5O9. The predicted molar refractivity (Wildman–Crippen MR) is 131 cm³/mol. The number of carbonyl (C=O) groups excluding carboxylic acids is 4. The number of aromatic hydroxyl groups is 1. The maximum atomic E-state index is 13.3. The molecule has 9 N–H and O–H groups in total. The topological polar surface area (TPSA) is 242 Å². The average molecular weight is 536 g/mol. The van der Waals surface area contributed by atoms with Gasteiger partial charge in [0.25, 0.3) is 0 Å². The molecule has 1 saturated heterocycles. The molecule has 0 radical (unpaired) electrons. The summed E-state index contributed by atoms with van der Waals surface area (Å²) in [6.45, 7) is 0.137. The lowest BCUT2D eigenvalue weighted by atomic mass is 10.0. The summed E-state index contributed by atoms with van der Waals surface area (Å²) in [5.74, 6) is -5.44. The molecule has 1 fully saturated rings. The summed E-state index contributed by atoms with van der Waals surface area (Å²) in [7, 11) is 0. The average Bonchev–Trinajstić information content (AvgIpc) is 3.35. The number of nitrogens with one attached hydrogen (secondary N) is 2. The van der Waals surface area contributed by atoms with Gasteiger partial charge in [-0.3, -0.25) is 24.0 Å². The molecule has 0 saturated carbocycles. The Labute approximate surface area is 218 Å². The molecular weight excluding hydrogens is 502 g/mol. The van der Waals surface area contributed by atoms with Crippen LogP contribution >= 0.6 is 0 Å². The number of rotatable bonds is 14. The third-order valence-electron chi connectivity index (χ3n) is 6.13. The van der Waals surface area contributed by atoms with Gasteiger partial charge < -0.3 is 42.3 Å². The lowest BCUT2D eigenvalue weighted by Crippen LogP contribution is -2.57. The van der Waals surface area contributed by atoms with Gasteiger partial charge in [-0.2, -0.15) is 0 Å². The lowest BCUT2D eigenvalue weighted by molar-refractivity contribution is -0.150. The van der Waals surface area contributed by atoms with Gasteiger partial charge in [0.1, 0.15) is 23.9 Å². The van der Waals surface area contributed by atoms with Gasteiger partial charge in [-0.25, -0.2) is 4.79 Å². The number of primary amides is 1. The van der Waals surface area contributed by atoms with Crippen molar-refractivity contribution in [2.24, 2.45) is 11.5 Å². The van der Waals surface area contributed by atoms with Gasteiger partial charge in [0.15, 0.2) is 0 Å². The second kappa shape index (κ2) is 13.9. The first-order chi connectivity index (χ1) is 17.9. The minimum atomic E-state index is -1.36. The van der Waals surface area contributed by atoms with E-state index in [9.17, 15) is 39.0 Å². The highest BCUT2D eigenvalue weighted by atomic mass is 16.4. The van der Waals surface area contributed by atoms with Crippen LogP contribution in [-0.2, 0) is 35.2 Å². The van der Waals surface area contributed by atoms with Crippen LogP contribution in [-0.4, -0.2) is 86.5 Å². The second-order valence-corrected chi connectivity index (χ2v) is 9.06. The van der Waals surface area contributed by atoms with Crippen molar-refractivity contribution >= 4 is 35.6 Å². The van der Waals surface area contributed by atoms with Crippen LogP contribution in [0.4, 0.5) is 0 Å². The summed E-state index contributed by atoms with van der Waals surface area (Å²) in [6, 6.07) is 0.895. The van der Waals surface area contributed by atoms with Gasteiger partial charge in [-0.15, -0.1) is 0 Å². The smallest absolute Gasteiger partial charge is 0.326 e. The van der Waals surface area contributed by atoms with E-state index in [-0.39, 0.29) is 44.4 Å². The van der Waals surface area contributed by atoms with E-state index in [0.717, 1.165) is 4.90 Å². The molecule has 0 aromatic heterocycles. The Balaban J connectivity index is 2.25. The van der Waals surface area contributed by atoms with E-state index >= 15 is 0 Å². The Morgan fingerprint density at radius 3 is 2.16 bits per heavy atom. The van der Waals surface area contributed by atoms with Crippen LogP contribution in [0.3, 0.4) is 0 Å². The van der Waals surface area contributed by atoms with Crippen LogP contribution < -0.4 is 22.1 Å². The van der Waals surface area contributed by atoms with Crippen molar-refractivity contribution in [3.8, 4) is 5.75 Å². The Bertz CT molecular complexity index is 1050. The molecule has 1 aliphatic rings. The molecule has 1 aliphatic heterocycles. The van der Waals surface area contributed by atoms with Crippen molar-refractivity contribution in [2.45, 2.75) is 69.1 Å². The van der Waals surface area contributed by atoms with E-state index in [4.69, 9.17) is 16.6 Å². The number of hydrogen-bond acceptors (Lipinski definition) is 8. The number of aliphatic carboxylic acids is 2. The van der Waals surface area contributed by atoms with E-state index in [1.54, 1.807) is 0 Å². The normalized spacial score (nSPS) is 17.2. The fourth-order valence-corrected chi connectivity index (χ4v) is 4.07. The number of carboxylic acids is 2. The first-order valence-electron chi connectivity index (χ1n) is 12.1. The number of phenols is 1. The standard InChI is InChI=1S/C24H33N5O9/c25-15(7-9-19(26)31)21(34)28-17(12-13-3-5-14(30)6-4-13)22(35)27-16(8-10-20(32)33)23(36)29-11-1-2-18(29)24(37)38/h3-6,15-18,30H,1-2,7-12,25H2,(H2,26,31)(H,27,35)(H,28,34)(H,32,33)(H,37,38). The number of likely N-dealkylation sites (tertiary alicyclic amines) is 1. The first-order valence-corrected chi connectivity index (χ1v) is 12.1. The van der Waals surface area contributed by atoms with Crippen molar-refractivity contribution in [1.29, 1.82) is 0 Å². The number of carbonyl (C=O) groups is 6. The molecule has 0 bridgehead atoms. The highest BCUT2D eigenvalue weighted by Crippen LogP contribution is 2.20. The Kier molecular flexibility index (Phi) is 11.0. The van der Waals surface area contributed by atoms with Crippen LogP contribution in [0, 0.1) is 0 Å². The third-order valence-corrected chi connectivity index (χ3v) is 6.13. The molecule has 4 atom stereocenters. The maximum Gasteiger partial charge on any atom is 0.326 e. The second-order valence-electron chi connectivity index (χ2n) is 9.06. The van der Waals surface area contributed by atoms with Crippen molar-refractivity contribution in [3.05, 3.63) is 29.8 Å². The molecule has 208 valence electrons. The van der Waals surface area contributed by atoms with Crippen LogP contribution in [0.2, 0.25) is 0 Å². The van der Waals surface area contributed by atoms with Gasteiger partial charge in [-0.1, -0.05) is 12.1 Å². The Hall–Kier alpha value is -4.20. The molecule has 14 heteroatoms. The molecule has 4 amide bonds. The number of nitrogens with zero attached hydrogens (tertiary/aromatic N) is 1. The minimum absolute atomic E-state index is 0.0230. The summed E-state index contributed by atoms with van der Waals surface area (Å²) in [6.07, 6.45) is -0.429. The highest BCUT2D eigenvalue weighted by molar-refractivity contribution is 5.94. The predicted octanol–water partition coefficient (Wildman–Crippen LogP) is -1.56. The Morgan fingerprint density at radius 1 is 0.947 bits per heavy atom. The monoisotopic (exact) mass is 535 g/mol. The summed E-state index contributed by atoms with van der Waals surface area (Å²) in [4.78, 5) is 74.0. The summed E-state index contributed by atoms with van der Waals surface area (Å²) < 4.78 is 0. The number of phenolic OH excluding ortho intramolecular Hbond substituents is 1. The van der Waals surface area contributed by atoms with E-state index in [2.05, 4.69) is 10.6 Å². The number of benzene rings is 1. The molecule has 4 unspecified atom stereocenters. The molecule has 2 rings (SSSR count). The summed E-state index contributed by atoms with van der Waals surface area (Å²) in [5, 5.41) is 33.0. The third kappa shape index (κ3) is 9.03. The molecule has 14 nitrogen and oxygen atoms in total. The van der Waals surface area contributed by atoms with Crippen LogP contribution in [0.15, 0.2) is 24.3 Å². The van der Waals surface area contributed by atoms with Gasteiger partial charge >= 0.3 is 11.9 Å². The minimum Gasteiger partial charge on any atom is -0.508 e. The van der Waals surface area contributed by atoms with Gasteiger partial charge in [0.2, 0.25) is 23.6 Å². The van der Waals surface area contributed by atoms with Gasteiger partial charge in [0.05, 0.1) is 6.04 Å². The molecule has 1 heterocycles. The number of nitrogens with two attached hydrogens (primary N) is 2. The van der Waals surface area contributed by atoms with Crippen molar-refractivity contribution < 1.29 is 44.1 Å². The number of amides is 4. The van der Waals surface area contributed by atoms with Crippen LogP contribution in [0.5, 0.6) is 5.75 Å². The number of carboxylic acid groups (broad SMARTS) is 2. The molecule has 1 aromatic rings.